The SMILES string of the molecule is O=C([O-])CNCC[NH2+]CC(=O)[O-]. The van der Waals surface area contributed by atoms with E-state index in [9.17, 15) is 19.8 Å². The normalized spacial score (nSPS) is 9.67. The average molecular weight is 175 g/mol. The summed E-state index contributed by atoms with van der Waals surface area (Å²) >= 11 is 0. The number of carbonyl (C=O) groups is 2. The van der Waals surface area contributed by atoms with Gasteiger partial charge in [-0.3, -0.25) is 0 Å². The highest BCUT2D eigenvalue weighted by Crippen LogP contribution is 1.53. The molecular formula is C6H11N2O4-. The first-order chi connectivity index (χ1) is 5.63. The van der Waals surface area contributed by atoms with Crippen LogP contribution >= 0.6 is 0 Å². The molecule has 3 N–H and O–H groups in total. The van der Waals surface area contributed by atoms with Gasteiger partial charge in [-0.2, -0.15) is 0 Å². The largest absolute Gasteiger partial charge is 0.549 e. The smallest absolute Gasteiger partial charge is 0.116 e. The second-order valence-electron chi connectivity index (χ2n) is 2.20. The first kappa shape index (κ1) is 10.9. The maximum atomic E-state index is 9.87. The number of rotatable bonds is 7. The van der Waals surface area contributed by atoms with Crippen molar-refractivity contribution in [1.29, 1.82) is 0 Å². The van der Waals surface area contributed by atoms with Crippen LogP contribution in [0.1, 0.15) is 0 Å². The Kier molecular flexibility index (Phi) is 5.94. The Morgan fingerprint density at radius 2 is 1.92 bits per heavy atom. The summed E-state index contributed by atoms with van der Waals surface area (Å²) in [5.74, 6) is -2.30. The van der Waals surface area contributed by atoms with Gasteiger partial charge in [-0.15, -0.1) is 0 Å². The molecule has 0 heterocycles. The number of quaternary nitrogens is 1. The molecule has 0 aliphatic rings. The summed E-state index contributed by atoms with van der Waals surface area (Å²) in [6.07, 6.45) is 0. The lowest BCUT2D eigenvalue weighted by Gasteiger charge is -2.04. The molecule has 0 saturated heterocycles. The Labute approximate surface area is 69.6 Å². The summed E-state index contributed by atoms with van der Waals surface area (Å²) in [4.78, 5) is 19.7. The molecule has 0 atom stereocenters. The molecular weight excluding hydrogens is 164 g/mol. The van der Waals surface area contributed by atoms with Crippen molar-refractivity contribution in [3.8, 4) is 0 Å². The van der Waals surface area contributed by atoms with E-state index in [4.69, 9.17) is 0 Å². The Hall–Kier alpha value is -1.14. The topological polar surface area (TPSA) is 109 Å². The fraction of sp³-hybridized carbons (Fsp3) is 0.667. The molecule has 6 nitrogen and oxygen atoms in total. The van der Waals surface area contributed by atoms with Gasteiger partial charge in [0, 0.05) is 13.1 Å². The molecule has 0 saturated carbocycles. The molecule has 0 amide bonds. The lowest BCUT2D eigenvalue weighted by atomic mass is 10.5. The molecule has 0 aromatic heterocycles. The second-order valence-corrected chi connectivity index (χ2v) is 2.20. The maximum absolute atomic E-state index is 9.87. The molecule has 0 aliphatic heterocycles. The van der Waals surface area contributed by atoms with Gasteiger partial charge < -0.3 is 30.4 Å². The zero-order valence-electron chi connectivity index (χ0n) is 6.54. The summed E-state index contributed by atoms with van der Waals surface area (Å²) in [6.45, 7) is 0.620. The van der Waals surface area contributed by atoms with E-state index in [2.05, 4.69) is 5.32 Å². The Bertz CT molecular complexity index is 142. The molecule has 0 aromatic carbocycles. The highest BCUT2D eigenvalue weighted by Gasteiger charge is 1.90. The van der Waals surface area contributed by atoms with E-state index < -0.39 is 11.9 Å². The van der Waals surface area contributed by atoms with Gasteiger partial charge in [0.1, 0.15) is 6.54 Å². The van der Waals surface area contributed by atoms with Gasteiger partial charge in [-0.05, 0) is 0 Å². The van der Waals surface area contributed by atoms with Crippen LogP contribution in [-0.2, 0) is 9.59 Å². The fourth-order valence-electron chi connectivity index (χ4n) is 0.614. The molecule has 0 fully saturated rings. The van der Waals surface area contributed by atoms with Gasteiger partial charge in [0.25, 0.3) is 0 Å². The summed E-state index contributed by atoms with van der Waals surface area (Å²) in [6, 6.07) is 0. The van der Waals surface area contributed by atoms with Crippen molar-refractivity contribution >= 4 is 11.9 Å². The Morgan fingerprint density at radius 1 is 1.25 bits per heavy atom. The molecule has 0 rings (SSSR count). The number of hydrogen-bond acceptors (Lipinski definition) is 5. The number of nitrogens with one attached hydrogen (secondary N) is 1. The van der Waals surface area contributed by atoms with Crippen LogP contribution in [0.5, 0.6) is 0 Å². The molecule has 0 aromatic rings. The van der Waals surface area contributed by atoms with Crippen molar-refractivity contribution in [2.75, 3.05) is 26.2 Å². The van der Waals surface area contributed by atoms with Gasteiger partial charge in [-0.25, -0.2) is 0 Å². The second kappa shape index (κ2) is 6.56. The van der Waals surface area contributed by atoms with E-state index in [0.717, 1.165) is 0 Å². The van der Waals surface area contributed by atoms with Gasteiger partial charge in [0.15, 0.2) is 0 Å². The fourth-order valence-corrected chi connectivity index (χ4v) is 0.614. The van der Waals surface area contributed by atoms with Crippen LogP contribution in [0.2, 0.25) is 0 Å². The van der Waals surface area contributed by atoms with E-state index in [1.54, 1.807) is 0 Å². The third-order valence-corrected chi connectivity index (χ3v) is 1.11. The lowest BCUT2D eigenvalue weighted by molar-refractivity contribution is -0.648. The zero-order chi connectivity index (χ0) is 9.40. The molecule has 0 spiro atoms. The summed E-state index contributed by atoms with van der Waals surface area (Å²) in [7, 11) is 0. The van der Waals surface area contributed by atoms with Gasteiger partial charge in [0.2, 0.25) is 0 Å². The van der Waals surface area contributed by atoms with E-state index in [0.29, 0.717) is 13.1 Å². The van der Waals surface area contributed by atoms with E-state index in [-0.39, 0.29) is 13.1 Å². The van der Waals surface area contributed by atoms with Crippen molar-refractivity contribution in [2.45, 2.75) is 0 Å². The van der Waals surface area contributed by atoms with Crippen LogP contribution in [0.25, 0.3) is 0 Å². The Morgan fingerprint density at radius 3 is 2.42 bits per heavy atom. The van der Waals surface area contributed by atoms with Crippen molar-refractivity contribution in [2.24, 2.45) is 0 Å². The predicted octanol–water partition coefficient (Wildman–Crippen LogP) is -5.36. The van der Waals surface area contributed by atoms with Crippen LogP contribution in [0.15, 0.2) is 0 Å². The standard InChI is InChI=1S/C6H12N2O4/c9-5(10)3-7-1-2-8-4-6(11)12/h7-8H,1-4H2,(H,9,10)(H,11,12)/p-1. The number of hydrogen-bond donors (Lipinski definition) is 2. The summed E-state index contributed by atoms with van der Waals surface area (Å²) < 4.78 is 0. The quantitative estimate of drug-likeness (QED) is 0.375. The lowest BCUT2D eigenvalue weighted by Crippen LogP contribution is -2.88. The summed E-state index contributed by atoms with van der Waals surface area (Å²) in [5.41, 5.74) is 0. The van der Waals surface area contributed by atoms with Crippen LogP contribution in [0, 0.1) is 0 Å². The third-order valence-electron chi connectivity index (χ3n) is 1.11. The highest BCUT2D eigenvalue weighted by atomic mass is 16.4. The molecule has 0 unspecified atom stereocenters. The number of nitrogens with two attached hydrogens (primary N) is 1. The van der Waals surface area contributed by atoms with E-state index >= 15 is 0 Å². The maximum Gasteiger partial charge on any atom is 0.116 e. The molecule has 6 heteroatoms. The van der Waals surface area contributed by atoms with Crippen LogP contribution in [0.4, 0.5) is 0 Å². The highest BCUT2D eigenvalue weighted by molar-refractivity contribution is 5.66. The monoisotopic (exact) mass is 175 g/mol. The first-order valence-corrected chi connectivity index (χ1v) is 3.55. The van der Waals surface area contributed by atoms with Gasteiger partial charge in [0.05, 0.1) is 18.5 Å². The minimum Gasteiger partial charge on any atom is -0.549 e. The van der Waals surface area contributed by atoms with Crippen molar-refractivity contribution in [3.05, 3.63) is 0 Å². The molecule has 0 bridgehead atoms. The molecule has 0 radical (unpaired) electrons. The third kappa shape index (κ3) is 8.86. The van der Waals surface area contributed by atoms with Crippen molar-refractivity contribution in [3.63, 3.8) is 0 Å². The molecule has 12 heavy (non-hydrogen) atoms. The zero-order valence-corrected chi connectivity index (χ0v) is 6.54. The number of carboxylic acids is 2. The first-order valence-electron chi connectivity index (χ1n) is 3.55. The molecule has 0 aliphatic carbocycles. The van der Waals surface area contributed by atoms with Crippen molar-refractivity contribution < 1.29 is 25.1 Å². The number of carbonyl (C=O) groups excluding carboxylic acids is 2. The Balaban J connectivity index is 3.01. The minimum atomic E-state index is -1.17. The summed E-state index contributed by atoms with van der Waals surface area (Å²) in [5, 5.41) is 23.8. The van der Waals surface area contributed by atoms with Gasteiger partial charge in [-0.1, -0.05) is 0 Å². The number of aliphatic carboxylic acids is 2. The minimum absolute atomic E-state index is 0.104. The van der Waals surface area contributed by atoms with Crippen LogP contribution in [0.3, 0.4) is 0 Å². The van der Waals surface area contributed by atoms with Crippen LogP contribution < -0.4 is 20.8 Å². The number of carboxylic acid groups (broad SMARTS) is 2. The van der Waals surface area contributed by atoms with Crippen LogP contribution in [-0.4, -0.2) is 38.1 Å². The predicted molar refractivity (Wildman–Crippen MR) is 34.5 cm³/mol. The van der Waals surface area contributed by atoms with Gasteiger partial charge >= 0.3 is 0 Å². The van der Waals surface area contributed by atoms with E-state index in [1.807, 2.05) is 0 Å². The van der Waals surface area contributed by atoms with Crippen molar-refractivity contribution in [1.82, 2.24) is 5.32 Å². The molecule has 70 valence electrons. The average Bonchev–Trinajstić information content (AvgIpc) is 1.95. The van der Waals surface area contributed by atoms with E-state index in [1.165, 1.54) is 5.32 Å².